The summed E-state index contributed by atoms with van der Waals surface area (Å²) in [4.78, 5) is 19.0. The van der Waals surface area contributed by atoms with Gasteiger partial charge in [-0.05, 0) is 55.2 Å². The van der Waals surface area contributed by atoms with Crippen LogP contribution in [0, 0.1) is 11.8 Å². The molecule has 0 saturated carbocycles. The molecule has 0 radical (unpaired) electrons. The summed E-state index contributed by atoms with van der Waals surface area (Å²) in [5.74, 6) is 1.25. The van der Waals surface area contributed by atoms with Gasteiger partial charge in [0.1, 0.15) is 5.69 Å². The molecule has 1 aromatic carbocycles. The molecule has 4 heteroatoms. The molecule has 27 heavy (non-hydrogen) atoms. The topological polar surface area (TPSA) is 45.2 Å². The number of benzene rings is 1. The molecule has 1 aliphatic rings. The fourth-order valence-electron chi connectivity index (χ4n) is 3.65. The van der Waals surface area contributed by atoms with E-state index in [0.29, 0.717) is 18.2 Å². The molecule has 0 spiro atoms. The fourth-order valence-corrected chi connectivity index (χ4v) is 3.65. The summed E-state index contributed by atoms with van der Waals surface area (Å²) in [5, 5.41) is 2.97. The second-order valence-corrected chi connectivity index (χ2v) is 7.96. The zero-order valence-electron chi connectivity index (χ0n) is 16.5. The molecule has 0 unspecified atom stereocenters. The van der Waals surface area contributed by atoms with Crippen molar-refractivity contribution in [3.05, 3.63) is 59.9 Å². The molecule has 1 aliphatic heterocycles. The number of aromatic nitrogens is 1. The first kappa shape index (κ1) is 19.4. The average Bonchev–Trinajstić information content (AvgIpc) is 2.69. The van der Waals surface area contributed by atoms with Gasteiger partial charge in [0.05, 0.1) is 0 Å². The summed E-state index contributed by atoms with van der Waals surface area (Å²) in [6.45, 7) is 7.10. The van der Waals surface area contributed by atoms with Gasteiger partial charge in [0, 0.05) is 31.5 Å². The van der Waals surface area contributed by atoms with E-state index >= 15 is 0 Å². The first-order valence-electron chi connectivity index (χ1n) is 10.1. The number of piperidine rings is 1. The lowest BCUT2D eigenvalue weighted by Crippen LogP contribution is -2.34. The van der Waals surface area contributed by atoms with E-state index in [0.717, 1.165) is 37.5 Å². The van der Waals surface area contributed by atoms with Gasteiger partial charge >= 0.3 is 0 Å². The second-order valence-electron chi connectivity index (χ2n) is 7.96. The Balaban J connectivity index is 1.53. The van der Waals surface area contributed by atoms with E-state index in [-0.39, 0.29) is 5.91 Å². The lowest BCUT2D eigenvalue weighted by Gasteiger charge is -2.33. The average molecular weight is 366 g/mol. The molecule has 144 valence electrons. The third-order valence-corrected chi connectivity index (χ3v) is 5.33. The predicted molar refractivity (Wildman–Crippen MR) is 111 cm³/mol. The van der Waals surface area contributed by atoms with Crippen molar-refractivity contribution < 1.29 is 4.79 Å². The van der Waals surface area contributed by atoms with Gasteiger partial charge in [0.2, 0.25) is 0 Å². The Morgan fingerprint density at radius 1 is 1.19 bits per heavy atom. The molecule has 2 aromatic rings. The van der Waals surface area contributed by atoms with Gasteiger partial charge in [-0.2, -0.15) is 0 Å². The highest BCUT2D eigenvalue weighted by atomic mass is 16.1. The van der Waals surface area contributed by atoms with Crippen LogP contribution in [-0.2, 0) is 6.42 Å². The molecule has 1 N–H and O–H groups in total. The number of nitrogens with zero attached hydrogens (tertiary/aromatic N) is 2. The van der Waals surface area contributed by atoms with Gasteiger partial charge < -0.3 is 10.2 Å². The van der Waals surface area contributed by atoms with Crippen LogP contribution >= 0.6 is 0 Å². The lowest BCUT2D eigenvalue weighted by atomic mass is 9.90. The Labute approximate surface area is 163 Å². The SMILES string of the molecule is CC(C)CCNC(=O)c1cc(N2CCC(Cc3ccccc3)CC2)ccn1. The molecule has 1 saturated heterocycles. The number of carbonyl (C=O) groups excluding carboxylic acids is 1. The predicted octanol–water partition coefficient (Wildman–Crippen LogP) is 4.32. The van der Waals surface area contributed by atoms with Crippen molar-refractivity contribution in [2.45, 2.75) is 39.5 Å². The van der Waals surface area contributed by atoms with Crippen LogP contribution in [0.25, 0.3) is 0 Å². The van der Waals surface area contributed by atoms with Crippen molar-refractivity contribution in [1.29, 1.82) is 0 Å². The van der Waals surface area contributed by atoms with Gasteiger partial charge in [-0.3, -0.25) is 9.78 Å². The second kappa shape index (κ2) is 9.54. The van der Waals surface area contributed by atoms with Crippen molar-refractivity contribution in [2.75, 3.05) is 24.5 Å². The van der Waals surface area contributed by atoms with Crippen molar-refractivity contribution in [3.8, 4) is 0 Å². The number of hydrogen-bond donors (Lipinski definition) is 1. The van der Waals surface area contributed by atoms with Crippen LogP contribution in [0.1, 0.15) is 49.2 Å². The minimum absolute atomic E-state index is 0.0727. The van der Waals surface area contributed by atoms with Crippen LogP contribution in [0.3, 0.4) is 0 Å². The standard InChI is InChI=1S/C23H31N3O/c1-18(2)8-12-25-23(27)22-17-21(9-13-24-22)26-14-10-20(11-15-26)16-19-6-4-3-5-7-19/h3-7,9,13,17-18,20H,8,10-12,14-16H2,1-2H3,(H,25,27). The Morgan fingerprint density at radius 2 is 1.93 bits per heavy atom. The van der Waals surface area contributed by atoms with E-state index in [9.17, 15) is 4.79 Å². The molecule has 0 aliphatic carbocycles. The lowest BCUT2D eigenvalue weighted by molar-refractivity contribution is 0.0947. The van der Waals surface area contributed by atoms with E-state index in [4.69, 9.17) is 0 Å². The summed E-state index contributed by atoms with van der Waals surface area (Å²) >= 11 is 0. The van der Waals surface area contributed by atoms with Crippen molar-refractivity contribution in [1.82, 2.24) is 10.3 Å². The fraction of sp³-hybridized carbons (Fsp3) is 0.478. The zero-order valence-corrected chi connectivity index (χ0v) is 16.5. The van der Waals surface area contributed by atoms with Crippen LogP contribution in [0.5, 0.6) is 0 Å². The molecule has 1 fully saturated rings. The van der Waals surface area contributed by atoms with E-state index in [1.165, 1.54) is 18.4 Å². The zero-order chi connectivity index (χ0) is 19.1. The molecular formula is C23H31N3O. The highest BCUT2D eigenvalue weighted by Gasteiger charge is 2.20. The number of rotatable bonds is 7. The molecule has 3 rings (SSSR count). The summed E-state index contributed by atoms with van der Waals surface area (Å²) < 4.78 is 0. The first-order valence-corrected chi connectivity index (χ1v) is 10.1. The van der Waals surface area contributed by atoms with Crippen molar-refractivity contribution in [3.63, 3.8) is 0 Å². The Bertz CT molecular complexity index is 721. The monoisotopic (exact) mass is 365 g/mol. The maximum atomic E-state index is 12.3. The van der Waals surface area contributed by atoms with Gasteiger partial charge in [-0.25, -0.2) is 0 Å². The summed E-state index contributed by atoms with van der Waals surface area (Å²) in [6, 6.07) is 14.7. The molecule has 2 heterocycles. The Kier molecular flexibility index (Phi) is 6.86. The Hall–Kier alpha value is -2.36. The maximum absolute atomic E-state index is 12.3. The molecule has 0 bridgehead atoms. The number of anilines is 1. The summed E-state index contributed by atoms with van der Waals surface area (Å²) in [5.41, 5.74) is 3.06. The number of nitrogens with one attached hydrogen (secondary N) is 1. The largest absolute Gasteiger partial charge is 0.371 e. The third-order valence-electron chi connectivity index (χ3n) is 5.33. The van der Waals surface area contributed by atoms with Crippen LogP contribution < -0.4 is 10.2 Å². The highest BCUT2D eigenvalue weighted by Crippen LogP contribution is 2.26. The summed E-state index contributed by atoms with van der Waals surface area (Å²) in [6.07, 6.45) is 6.28. The Morgan fingerprint density at radius 3 is 2.63 bits per heavy atom. The van der Waals surface area contributed by atoms with Crippen LogP contribution in [-0.4, -0.2) is 30.5 Å². The number of hydrogen-bond acceptors (Lipinski definition) is 3. The minimum Gasteiger partial charge on any atom is -0.371 e. The van der Waals surface area contributed by atoms with E-state index in [1.807, 2.05) is 12.1 Å². The minimum atomic E-state index is -0.0727. The van der Waals surface area contributed by atoms with E-state index in [2.05, 4.69) is 59.4 Å². The van der Waals surface area contributed by atoms with Crippen molar-refractivity contribution >= 4 is 11.6 Å². The van der Waals surface area contributed by atoms with Gasteiger partial charge in [0.25, 0.3) is 5.91 Å². The number of amides is 1. The number of pyridine rings is 1. The van der Waals surface area contributed by atoms with Crippen LogP contribution in [0.15, 0.2) is 48.7 Å². The van der Waals surface area contributed by atoms with E-state index < -0.39 is 0 Å². The quantitative estimate of drug-likeness (QED) is 0.795. The van der Waals surface area contributed by atoms with Gasteiger partial charge in [-0.1, -0.05) is 44.2 Å². The van der Waals surface area contributed by atoms with E-state index in [1.54, 1.807) is 6.20 Å². The van der Waals surface area contributed by atoms with Gasteiger partial charge in [0.15, 0.2) is 0 Å². The third kappa shape index (κ3) is 5.81. The molecule has 4 nitrogen and oxygen atoms in total. The van der Waals surface area contributed by atoms with Crippen LogP contribution in [0.2, 0.25) is 0 Å². The summed E-state index contributed by atoms with van der Waals surface area (Å²) in [7, 11) is 0. The maximum Gasteiger partial charge on any atom is 0.269 e. The molecule has 1 amide bonds. The molecule has 1 aromatic heterocycles. The number of carbonyl (C=O) groups is 1. The smallest absolute Gasteiger partial charge is 0.269 e. The highest BCUT2D eigenvalue weighted by molar-refractivity contribution is 5.93. The van der Waals surface area contributed by atoms with Crippen LogP contribution in [0.4, 0.5) is 5.69 Å². The van der Waals surface area contributed by atoms with Crippen molar-refractivity contribution in [2.24, 2.45) is 11.8 Å². The normalized spacial score (nSPS) is 15.1. The molecular weight excluding hydrogens is 334 g/mol. The first-order chi connectivity index (χ1) is 13.1. The van der Waals surface area contributed by atoms with Gasteiger partial charge in [-0.15, -0.1) is 0 Å². The molecule has 0 atom stereocenters.